The Bertz CT molecular complexity index is 790. The van der Waals surface area contributed by atoms with Gasteiger partial charge in [-0.3, -0.25) is 4.79 Å². The molecule has 2 aliphatic rings. The fraction of sp³-hybridized carbons (Fsp3) is 0.318. The molecule has 26 heavy (non-hydrogen) atoms. The molecule has 2 aliphatic heterocycles. The van der Waals surface area contributed by atoms with Crippen LogP contribution in [0.25, 0.3) is 5.57 Å². The van der Waals surface area contributed by atoms with Gasteiger partial charge in [-0.25, -0.2) is 0 Å². The molecule has 0 atom stereocenters. The Hall–Kier alpha value is -2.04. The predicted molar refractivity (Wildman–Crippen MR) is 106 cm³/mol. The molecule has 2 aromatic rings. The number of aliphatic carboxylic acids is 1. The number of likely N-dealkylation sites (tertiary alicyclic amines) is 1. The lowest BCUT2D eigenvalue weighted by molar-refractivity contribution is -0.143. The van der Waals surface area contributed by atoms with Crippen molar-refractivity contribution in [3.8, 4) is 0 Å². The Morgan fingerprint density at radius 3 is 2.19 bits per heavy atom. The molecule has 0 radical (unpaired) electrons. The molecular formula is C22H23NO2S. The van der Waals surface area contributed by atoms with E-state index in [2.05, 4.69) is 59.5 Å². The Labute approximate surface area is 158 Å². The molecule has 0 bridgehead atoms. The highest BCUT2D eigenvalue weighted by atomic mass is 32.2. The van der Waals surface area contributed by atoms with Gasteiger partial charge >= 0.3 is 5.97 Å². The van der Waals surface area contributed by atoms with Crippen molar-refractivity contribution in [2.75, 3.05) is 19.6 Å². The standard InChI is InChI=1S/C22H23NO2S/c24-22(25)16-11-14-23(15-12-16)13-5-8-17-18-6-1-3-9-20(18)26-21-10-4-2-7-19(17)21/h1-4,6-10,16H,5,11-15H2,(H,24,25). The van der Waals surface area contributed by atoms with E-state index < -0.39 is 5.97 Å². The number of fused-ring (bicyclic) bond motifs is 2. The van der Waals surface area contributed by atoms with Crippen LogP contribution in [-0.4, -0.2) is 35.6 Å². The number of benzene rings is 2. The number of carbonyl (C=O) groups is 1. The van der Waals surface area contributed by atoms with Crippen molar-refractivity contribution < 1.29 is 9.90 Å². The molecule has 1 N–H and O–H groups in total. The summed E-state index contributed by atoms with van der Waals surface area (Å²) in [5.74, 6) is -0.793. The zero-order valence-corrected chi connectivity index (χ0v) is 15.5. The predicted octanol–water partition coefficient (Wildman–Crippen LogP) is 4.77. The highest BCUT2D eigenvalue weighted by Crippen LogP contribution is 2.45. The minimum atomic E-state index is -0.639. The summed E-state index contributed by atoms with van der Waals surface area (Å²) in [4.78, 5) is 16.1. The van der Waals surface area contributed by atoms with Gasteiger partial charge in [-0.05, 0) is 61.2 Å². The average Bonchev–Trinajstić information content (AvgIpc) is 2.68. The van der Waals surface area contributed by atoms with E-state index in [1.165, 1.54) is 26.5 Å². The monoisotopic (exact) mass is 365 g/mol. The normalized spacial score (nSPS) is 17.5. The topological polar surface area (TPSA) is 40.5 Å². The fourth-order valence-electron chi connectivity index (χ4n) is 3.83. The second kappa shape index (κ2) is 7.68. The van der Waals surface area contributed by atoms with Gasteiger partial charge in [-0.1, -0.05) is 54.2 Å². The lowest BCUT2D eigenvalue weighted by Gasteiger charge is -2.29. The molecule has 2 aromatic carbocycles. The van der Waals surface area contributed by atoms with E-state index in [-0.39, 0.29) is 5.92 Å². The third-order valence-electron chi connectivity index (χ3n) is 5.30. The molecule has 0 saturated carbocycles. The van der Waals surface area contributed by atoms with Crippen molar-refractivity contribution in [3.05, 3.63) is 65.7 Å². The highest BCUT2D eigenvalue weighted by molar-refractivity contribution is 7.99. The third-order valence-corrected chi connectivity index (χ3v) is 6.46. The smallest absolute Gasteiger partial charge is 0.306 e. The van der Waals surface area contributed by atoms with Crippen molar-refractivity contribution in [2.24, 2.45) is 5.92 Å². The fourth-order valence-corrected chi connectivity index (χ4v) is 4.94. The minimum absolute atomic E-state index is 0.154. The molecule has 0 aromatic heterocycles. The molecule has 4 heteroatoms. The summed E-state index contributed by atoms with van der Waals surface area (Å²) in [5.41, 5.74) is 3.97. The van der Waals surface area contributed by atoms with Crippen LogP contribution in [0.1, 0.15) is 30.4 Å². The Kier molecular flexibility index (Phi) is 5.14. The van der Waals surface area contributed by atoms with Gasteiger partial charge in [0, 0.05) is 16.3 Å². The van der Waals surface area contributed by atoms with E-state index in [1.54, 1.807) is 0 Å². The highest BCUT2D eigenvalue weighted by Gasteiger charge is 2.24. The number of carboxylic acids is 1. The van der Waals surface area contributed by atoms with Gasteiger partial charge in [0.05, 0.1) is 5.92 Å². The largest absolute Gasteiger partial charge is 0.481 e. The first-order valence-corrected chi connectivity index (χ1v) is 10.1. The van der Waals surface area contributed by atoms with E-state index in [0.29, 0.717) is 0 Å². The zero-order chi connectivity index (χ0) is 17.9. The number of hydrogen-bond donors (Lipinski definition) is 1. The van der Waals surface area contributed by atoms with Crippen LogP contribution in [0.3, 0.4) is 0 Å². The van der Waals surface area contributed by atoms with Gasteiger partial charge in [0.1, 0.15) is 0 Å². The summed E-state index contributed by atoms with van der Waals surface area (Å²) in [7, 11) is 0. The van der Waals surface area contributed by atoms with E-state index >= 15 is 0 Å². The summed E-state index contributed by atoms with van der Waals surface area (Å²) < 4.78 is 0. The maximum atomic E-state index is 11.1. The molecule has 0 spiro atoms. The summed E-state index contributed by atoms with van der Waals surface area (Å²) in [6.07, 6.45) is 4.89. The summed E-state index contributed by atoms with van der Waals surface area (Å²) in [5, 5.41) is 9.13. The van der Waals surface area contributed by atoms with Gasteiger partial charge in [0.25, 0.3) is 0 Å². The lowest BCUT2D eigenvalue weighted by atomic mass is 9.95. The van der Waals surface area contributed by atoms with Crippen LogP contribution < -0.4 is 0 Å². The van der Waals surface area contributed by atoms with Crippen molar-refractivity contribution in [1.82, 2.24) is 4.90 Å². The van der Waals surface area contributed by atoms with Crippen LogP contribution in [0.15, 0.2) is 64.4 Å². The van der Waals surface area contributed by atoms with Crippen LogP contribution in [0, 0.1) is 5.92 Å². The second-order valence-electron chi connectivity index (χ2n) is 6.96. The Balaban J connectivity index is 1.48. The minimum Gasteiger partial charge on any atom is -0.481 e. The van der Waals surface area contributed by atoms with E-state index in [4.69, 9.17) is 5.11 Å². The third kappa shape index (κ3) is 3.57. The molecule has 134 valence electrons. The van der Waals surface area contributed by atoms with Gasteiger partial charge in [0.15, 0.2) is 0 Å². The summed E-state index contributed by atoms with van der Waals surface area (Å²) in [6, 6.07) is 17.2. The SMILES string of the molecule is O=C(O)C1CCN(CCC=C2c3ccccc3Sc3ccccc32)CC1. The Morgan fingerprint density at radius 2 is 1.62 bits per heavy atom. The number of piperidine rings is 1. The number of hydrogen-bond acceptors (Lipinski definition) is 3. The van der Waals surface area contributed by atoms with Crippen LogP contribution in [-0.2, 0) is 4.79 Å². The molecule has 1 saturated heterocycles. The molecule has 3 nitrogen and oxygen atoms in total. The summed E-state index contributed by atoms with van der Waals surface area (Å²) in [6.45, 7) is 2.78. The van der Waals surface area contributed by atoms with Gasteiger partial charge < -0.3 is 10.0 Å². The Morgan fingerprint density at radius 1 is 1.04 bits per heavy atom. The van der Waals surface area contributed by atoms with Crippen LogP contribution >= 0.6 is 11.8 Å². The number of nitrogens with zero attached hydrogens (tertiary/aromatic N) is 1. The maximum absolute atomic E-state index is 11.1. The van der Waals surface area contributed by atoms with Crippen molar-refractivity contribution in [1.29, 1.82) is 0 Å². The van der Waals surface area contributed by atoms with Gasteiger partial charge in [0.2, 0.25) is 0 Å². The van der Waals surface area contributed by atoms with E-state index in [9.17, 15) is 4.79 Å². The molecule has 4 rings (SSSR count). The number of carboxylic acid groups (broad SMARTS) is 1. The van der Waals surface area contributed by atoms with Gasteiger partial charge in [-0.15, -0.1) is 0 Å². The maximum Gasteiger partial charge on any atom is 0.306 e. The van der Waals surface area contributed by atoms with Gasteiger partial charge in [-0.2, -0.15) is 0 Å². The van der Waals surface area contributed by atoms with Crippen LogP contribution in [0.4, 0.5) is 0 Å². The van der Waals surface area contributed by atoms with Crippen LogP contribution in [0.5, 0.6) is 0 Å². The van der Waals surface area contributed by atoms with Crippen molar-refractivity contribution in [2.45, 2.75) is 29.1 Å². The first kappa shape index (κ1) is 17.4. The van der Waals surface area contributed by atoms with Crippen LogP contribution in [0.2, 0.25) is 0 Å². The molecule has 1 fully saturated rings. The zero-order valence-electron chi connectivity index (χ0n) is 14.7. The molecular weight excluding hydrogens is 342 g/mol. The summed E-state index contributed by atoms with van der Waals surface area (Å²) >= 11 is 1.84. The first-order chi connectivity index (χ1) is 12.7. The lowest BCUT2D eigenvalue weighted by Crippen LogP contribution is -2.36. The molecule has 0 amide bonds. The molecule has 0 aliphatic carbocycles. The molecule has 0 unspecified atom stereocenters. The average molecular weight is 365 g/mol. The van der Waals surface area contributed by atoms with E-state index in [1.807, 2.05) is 11.8 Å². The van der Waals surface area contributed by atoms with Crippen molar-refractivity contribution >= 4 is 23.3 Å². The quantitative estimate of drug-likeness (QED) is 0.723. The molecule has 2 heterocycles. The van der Waals surface area contributed by atoms with Crippen molar-refractivity contribution in [3.63, 3.8) is 0 Å². The number of rotatable bonds is 4. The first-order valence-electron chi connectivity index (χ1n) is 9.24. The van der Waals surface area contributed by atoms with E-state index in [0.717, 1.165) is 38.9 Å². The second-order valence-corrected chi connectivity index (χ2v) is 8.04.